The summed E-state index contributed by atoms with van der Waals surface area (Å²) in [6.45, 7) is 13.3. The molecule has 1 saturated heterocycles. The van der Waals surface area contributed by atoms with Crippen molar-refractivity contribution in [2.75, 3.05) is 44.2 Å². The minimum absolute atomic E-state index is 0.0615. The zero-order chi connectivity index (χ0) is 25.8. The molecular weight excluding hydrogens is 460 g/mol. The molecule has 1 aliphatic heterocycles. The third-order valence-electron chi connectivity index (χ3n) is 6.66. The van der Waals surface area contributed by atoms with Crippen LogP contribution in [0.25, 0.3) is 5.69 Å². The van der Waals surface area contributed by atoms with E-state index >= 15 is 0 Å². The number of carbonyl (C=O) groups excluding carboxylic acids is 1. The van der Waals surface area contributed by atoms with Crippen molar-refractivity contribution in [2.24, 2.45) is 5.92 Å². The first-order chi connectivity index (χ1) is 17.3. The number of rotatable bonds is 8. The molecule has 4 rings (SSSR count). The lowest BCUT2D eigenvalue weighted by Crippen LogP contribution is -2.47. The van der Waals surface area contributed by atoms with Crippen LogP contribution in [-0.4, -0.2) is 64.8 Å². The van der Waals surface area contributed by atoms with Gasteiger partial charge >= 0.3 is 0 Å². The van der Waals surface area contributed by atoms with Crippen LogP contribution in [0.2, 0.25) is 0 Å². The van der Waals surface area contributed by atoms with Crippen LogP contribution >= 0.6 is 0 Å². The van der Waals surface area contributed by atoms with Gasteiger partial charge < -0.3 is 14.7 Å². The number of halogens is 2. The molecule has 6 nitrogen and oxygen atoms in total. The molecule has 8 heteroatoms. The van der Waals surface area contributed by atoms with E-state index in [0.29, 0.717) is 12.2 Å². The van der Waals surface area contributed by atoms with E-state index in [1.165, 1.54) is 24.3 Å². The maximum atomic E-state index is 14.5. The van der Waals surface area contributed by atoms with Crippen molar-refractivity contribution in [3.05, 3.63) is 77.0 Å². The largest absolute Gasteiger partial charge is 0.354 e. The Kier molecular flexibility index (Phi) is 8.04. The number of likely N-dealkylation sites (N-methyl/N-ethyl adjacent to an activating group) is 1. The molecule has 3 aromatic rings. The molecule has 36 heavy (non-hydrogen) atoms. The van der Waals surface area contributed by atoms with Gasteiger partial charge in [-0.1, -0.05) is 39.0 Å². The first kappa shape index (κ1) is 25.8. The number of hydrogen-bond donors (Lipinski definition) is 0. The molecule has 1 fully saturated rings. The predicted molar refractivity (Wildman–Crippen MR) is 139 cm³/mol. The fourth-order valence-corrected chi connectivity index (χ4v) is 4.78. The molecule has 0 bridgehead atoms. The highest BCUT2D eigenvalue weighted by Gasteiger charge is 2.29. The van der Waals surface area contributed by atoms with E-state index in [2.05, 4.69) is 16.7 Å². The number of anilines is 1. The zero-order valence-corrected chi connectivity index (χ0v) is 21.5. The minimum atomic E-state index is -0.528. The van der Waals surface area contributed by atoms with E-state index in [9.17, 15) is 13.6 Å². The highest BCUT2D eigenvalue weighted by Crippen LogP contribution is 2.30. The van der Waals surface area contributed by atoms with Gasteiger partial charge in [0.05, 0.1) is 23.5 Å². The maximum absolute atomic E-state index is 14.5. The van der Waals surface area contributed by atoms with Gasteiger partial charge in [0, 0.05) is 38.3 Å². The number of benzene rings is 2. The molecule has 0 unspecified atom stereocenters. The summed E-state index contributed by atoms with van der Waals surface area (Å²) in [7, 11) is 0. The number of aryl methyl sites for hydroxylation is 1. The Labute approximate surface area is 212 Å². The topological polar surface area (TPSA) is 44.6 Å². The van der Waals surface area contributed by atoms with Crippen LogP contribution in [0.4, 0.5) is 14.6 Å². The molecule has 1 amide bonds. The van der Waals surface area contributed by atoms with Crippen molar-refractivity contribution in [1.82, 2.24) is 19.6 Å². The Hall–Kier alpha value is -3.26. The predicted octanol–water partition coefficient (Wildman–Crippen LogP) is 4.90. The average Bonchev–Trinajstić information content (AvgIpc) is 3.19. The lowest BCUT2D eigenvalue weighted by atomic mass is 10.1. The van der Waals surface area contributed by atoms with Crippen molar-refractivity contribution in [1.29, 1.82) is 0 Å². The van der Waals surface area contributed by atoms with Gasteiger partial charge in [-0.3, -0.25) is 4.79 Å². The summed E-state index contributed by atoms with van der Waals surface area (Å²) >= 11 is 0. The summed E-state index contributed by atoms with van der Waals surface area (Å²) in [4.78, 5) is 19.9. The van der Waals surface area contributed by atoms with Gasteiger partial charge in [0.25, 0.3) is 5.91 Å². The Morgan fingerprint density at radius 1 is 1.06 bits per heavy atom. The zero-order valence-electron chi connectivity index (χ0n) is 21.5. The third kappa shape index (κ3) is 5.59. The van der Waals surface area contributed by atoms with Gasteiger partial charge in [-0.2, -0.15) is 5.10 Å². The maximum Gasteiger partial charge on any atom is 0.257 e. The van der Waals surface area contributed by atoms with Crippen molar-refractivity contribution in [3.8, 4) is 5.69 Å². The SMILES string of the molecule is CCN1CCN(c2c(CN(CC(C)C)C(=O)c3ccccc3F)c(C)nn2-c2cccc(F)c2)CC1. The second-order valence-electron chi connectivity index (χ2n) is 9.76. The van der Waals surface area contributed by atoms with Crippen molar-refractivity contribution in [2.45, 2.75) is 34.2 Å². The van der Waals surface area contributed by atoms with Crippen LogP contribution in [-0.2, 0) is 6.54 Å². The summed E-state index contributed by atoms with van der Waals surface area (Å²) in [5, 5.41) is 4.80. The van der Waals surface area contributed by atoms with E-state index in [1.807, 2.05) is 26.8 Å². The Bertz CT molecular complexity index is 1200. The van der Waals surface area contributed by atoms with Gasteiger partial charge in [-0.15, -0.1) is 0 Å². The van der Waals surface area contributed by atoms with Crippen LogP contribution in [0.5, 0.6) is 0 Å². The molecule has 2 aromatic carbocycles. The highest BCUT2D eigenvalue weighted by molar-refractivity contribution is 5.94. The first-order valence-corrected chi connectivity index (χ1v) is 12.6. The fourth-order valence-electron chi connectivity index (χ4n) is 4.78. The number of hydrogen-bond acceptors (Lipinski definition) is 4. The number of piperazine rings is 1. The average molecular weight is 496 g/mol. The minimum Gasteiger partial charge on any atom is -0.354 e. The fraction of sp³-hybridized carbons (Fsp3) is 0.429. The van der Waals surface area contributed by atoms with Gasteiger partial charge in [0.2, 0.25) is 0 Å². The third-order valence-corrected chi connectivity index (χ3v) is 6.66. The lowest BCUT2D eigenvalue weighted by Gasteiger charge is -2.36. The van der Waals surface area contributed by atoms with E-state index in [-0.39, 0.29) is 29.8 Å². The van der Waals surface area contributed by atoms with E-state index in [1.54, 1.807) is 27.8 Å². The molecular formula is C28H35F2N5O. The summed E-state index contributed by atoms with van der Waals surface area (Å²) in [6, 6.07) is 12.5. The molecule has 0 atom stereocenters. The molecule has 0 spiro atoms. The van der Waals surface area contributed by atoms with Crippen LogP contribution in [0, 0.1) is 24.5 Å². The molecule has 1 aromatic heterocycles. The second kappa shape index (κ2) is 11.2. The van der Waals surface area contributed by atoms with Crippen LogP contribution in [0.3, 0.4) is 0 Å². The Balaban J connectivity index is 1.77. The summed E-state index contributed by atoms with van der Waals surface area (Å²) in [5.74, 6) is -0.152. The van der Waals surface area contributed by atoms with Crippen LogP contribution in [0.15, 0.2) is 48.5 Å². The quantitative estimate of drug-likeness (QED) is 0.446. The number of aromatic nitrogens is 2. The van der Waals surface area contributed by atoms with Crippen molar-refractivity contribution < 1.29 is 13.6 Å². The van der Waals surface area contributed by atoms with E-state index in [0.717, 1.165) is 49.8 Å². The smallest absolute Gasteiger partial charge is 0.257 e. The molecule has 1 aliphatic rings. The second-order valence-corrected chi connectivity index (χ2v) is 9.76. The van der Waals surface area contributed by atoms with Gasteiger partial charge in [0.15, 0.2) is 0 Å². The molecule has 0 N–H and O–H groups in total. The molecule has 0 aliphatic carbocycles. The van der Waals surface area contributed by atoms with Gasteiger partial charge in [0.1, 0.15) is 17.5 Å². The number of amides is 1. The highest BCUT2D eigenvalue weighted by atomic mass is 19.1. The summed E-state index contributed by atoms with van der Waals surface area (Å²) in [5.41, 5.74) is 2.36. The molecule has 192 valence electrons. The molecule has 0 radical (unpaired) electrons. The van der Waals surface area contributed by atoms with Gasteiger partial charge in [-0.05, 0) is 49.7 Å². The molecule has 2 heterocycles. The summed E-state index contributed by atoms with van der Waals surface area (Å²) < 4.78 is 30.5. The Morgan fingerprint density at radius 3 is 2.42 bits per heavy atom. The van der Waals surface area contributed by atoms with E-state index < -0.39 is 5.82 Å². The monoisotopic (exact) mass is 495 g/mol. The Morgan fingerprint density at radius 2 is 1.78 bits per heavy atom. The number of carbonyl (C=O) groups is 1. The number of nitrogens with zero attached hydrogens (tertiary/aromatic N) is 5. The van der Waals surface area contributed by atoms with Gasteiger partial charge in [-0.25, -0.2) is 13.5 Å². The first-order valence-electron chi connectivity index (χ1n) is 12.6. The summed E-state index contributed by atoms with van der Waals surface area (Å²) in [6.07, 6.45) is 0. The lowest BCUT2D eigenvalue weighted by molar-refractivity contribution is 0.0718. The van der Waals surface area contributed by atoms with Crippen molar-refractivity contribution >= 4 is 11.7 Å². The van der Waals surface area contributed by atoms with Crippen LogP contribution in [0.1, 0.15) is 42.4 Å². The standard InChI is InChI=1S/C28H35F2N5O/c1-5-32-13-15-33(16-14-32)27-25(21(4)31-35(27)23-10-8-9-22(29)17-23)19-34(18-20(2)3)28(36)24-11-6-7-12-26(24)30/h6-12,17,20H,5,13-16,18-19H2,1-4H3. The van der Waals surface area contributed by atoms with Crippen molar-refractivity contribution in [3.63, 3.8) is 0 Å². The van der Waals surface area contributed by atoms with E-state index in [4.69, 9.17) is 5.10 Å². The molecule has 0 saturated carbocycles. The van der Waals surface area contributed by atoms with Crippen LogP contribution < -0.4 is 4.90 Å². The normalized spacial score (nSPS) is 14.5.